The van der Waals surface area contributed by atoms with Crippen molar-refractivity contribution >= 4 is 17.1 Å². The molecule has 0 aromatic carbocycles. The van der Waals surface area contributed by atoms with Gasteiger partial charge in [0.2, 0.25) is 0 Å². The van der Waals surface area contributed by atoms with Gasteiger partial charge in [0.25, 0.3) is 0 Å². The van der Waals surface area contributed by atoms with Gasteiger partial charge in [-0.15, -0.1) is 0 Å². The van der Waals surface area contributed by atoms with Gasteiger partial charge in [-0.1, -0.05) is 0 Å². The van der Waals surface area contributed by atoms with Gasteiger partial charge in [-0.05, 0) is 61.3 Å². The van der Waals surface area contributed by atoms with Crippen LogP contribution < -0.4 is 4.72 Å². The number of nitrogens with one attached hydrogen (secondary N) is 1. The van der Waals surface area contributed by atoms with Gasteiger partial charge in [-0.2, -0.15) is 5.10 Å². The predicted octanol–water partition coefficient (Wildman–Crippen LogP) is 3.57. The molecule has 2 atom stereocenters. The Morgan fingerprint density at radius 1 is 1.26 bits per heavy atom. The van der Waals surface area contributed by atoms with E-state index in [1.165, 1.54) is 0 Å². The molecular formula is C19H34N4O3S. The van der Waals surface area contributed by atoms with Crippen molar-refractivity contribution in [3.05, 3.63) is 18.0 Å². The van der Waals surface area contributed by atoms with E-state index in [4.69, 9.17) is 4.74 Å². The monoisotopic (exact) mass is 398 g/mol. The van der Waals surface area contributed by atoms with Crippen LogP contribution in [0.25, 0.3) is 0 Å². The molecule has 0 aliphatic carbocycles. The first-order chi connectivity index (χ1) is 12.4. The number of aromatic nitrogens is 2. The highest BCUT2D eigenvalue weighted by Crippen LogP contribution is 2.25. The lowest BCUT2D eigenvalue weighted by atomic mass is 10.1. The normalized spacial score (nSPS) is 19.0. The number of piperidine rings is 1. The van der Waals surface area contributed by atoms with Crippen LogP contribution in [-0.4, -0.2) is 48.4 Å². The van der Waals surface area contributed by atoms with Crippen LogP contribution in [-0.2, 0) is 15.7 Å². The van der Waals surface area contributed by atoms with Gasteiger partial charge in [0, 0.05) is 30.9 Å². The quantitative estimate of drug-likeness (QED) is 0.841. The lowest BCUT2D eigenvalue weighted by Crippen LogP contribution is -2.42. The Hall–Kier alpha value is -1.41. The second kappa shape index (κ2) is 8.31. The largest absolute Gasteiger partial charge is 0.444 e. The van der Waals surface area contributed by atoms with Crippen LogP contribution >= 0.6 is 0 Å². The molecule has 27 heavy (non-hydrogen) atoms. The van der Waals surface area contributed by atoms with Gasteiger partial charge >= 0.3 is 6.09 Å². The Kier molecular flexibility index (Phi) is 6.73. The van der Waals surface area contributed by atoms with Crippen LogP contribution in [0.3, 0.4) is 0 Å². The summed E-state index contributed by atoms with van der Waals surface area (Å²) in [6.45, 7) is 14.8. The number of likely N-dealkylation sites (tertiary alicyclic amines) is 1. The Morgan fingerprint density at radius 2 is 1.85 bits per heavy atom. The first-order valence-electron chi connectivity index (χ1n) is 9.57. The van der Waals surface area contributed by atoms with Crippen molar-refractivity contribution in [2.24, 2.45) is 0 Å². The van der Waals surface area contributed by atoms with Crippen LogP contribution in [0.15, 0.2) is 12.4 Å². The minimum absolute atomic E-state index is 0.0411. The summed E-state index contributed by atoms with van der Waals surface area (Å²) in [4.78, 5) is 13.9. The van der Waals surface area contributed by atoms with E-state index >= 15 is 0 Å². The fourth-order valence-corrected chi connectivity index (χ4v) is 3.63. The fraction of sp³-hybridized carbons (Fsp3) is 0.789. The van der Waals surface area contributed by atoms with E-state index in [0.29, 0.717) is 13.1 Å². The van der Waals surface area contributed by atoms with Crippen molar-refractivity contribution in [1.29, 1.82) is 0 Å². The third kappa shape index (κ3) is 6.31. The molecule has 7 nitrogen and oxygen atoms in total. The minimum Gasteiger partial charge on any atom is -0.444 e. The number of hydrogen-bond donors (Lipinski definition) is 1. The molecule has 2 unspecified atom stereocenters. The maximum Gasteiger partial charge on any atom is 0.410 e. The summed E-state index contributed by atoms with van der Waals surface area (Å²) in [5.41, 5.74) is 0.545. The van der Waals surface area contributed by atoms with E-state index < -0.39 is 16.6 Å². The molecule has 1 aromatic rings. The van der Waals surface area contributed by atoms with E-state index in [1.807, 2.05) is 65.5 Å². The van der Waals surface area contributed by atoms with E-state index in [1.54, 1.807) is 4.90 Å². The van der Waals surface area contributed by atoms with Gasteiger partial charge < -0.3 is 9.64 Å². The minimum atomic E-state index is -1.13. The topological polar surface area (TPSA) is 76.5 Å². The lowest BCUT2D eigenvalue weighted by molar-refractivity contribution is 0.0185. The second-order valence-corrected chi connectivity index (χ2v) is 11.2. The standard InChI is InChI=1S/C19H34N4O3S/c1-14(21-27(25)19(5,6)7)15-12-20-23(13-15)16-8-10-22(11-9-16)17(24)26-18(2,3)4/h12-14,16,21H,8-11H2,1-7H3. The third-order valence-electron chi connectivity index (χ3n) is 4.45. The number of carbonyl (C=O) groups is 1. The summed E-state index contributed by atoms with van der Waals surface area (Å²) < 4.78 is 22.5. The zero-order chi connectivity index (χ0) is 20.4. The Morgan fingerprint density at radius 3 is 2.37 bits per heavy atom. The third-order valence-corrected chi connectivity index (χ3v) is 6.13. The summed E-state index contributed by atoms with van der Waals surface area (Å²) in [5, 5.41) is 4.50. The highest BCUT2D eigenvalue weighted by atomic mass is 32.2. The summed E-state index contributed by atoms with van der Waals surface area (Å²) >= 11 is 0. The smallest absolute Gasteiger partial charge is 0.410 e. The fourth-order valence-electron chi connectivity index (χ4n) is 2.82. The van der Waals surface area contributed by atoms with Gasteiger partial charge in [0.15, 0.2) is 0 Å². The molecule has 2 heterocycles. The number of nitrogens with zero attached hydrogens (tertiary/aromatic N) is 3. The molecule has 1 saturated heterocycles. The molecule has 1 fully saturated rings. The van der Waals surface area contributed by atoms with Crippen molar-refractivity contribution in [2.75, 3.05) is 13.1 Å². The van der Waals surface area contributed by atoms with Crippen molar-refractivity contribution in [2.45, 2.75) is 83.7 Å². The molecule has 154 valence electrons. The maximum absolute atomic E-state index is 12.3. The molecule has 0 bridgehead atoms. The molecular weight excluding hydrogens is 364 g/mol. The molecule has 1 aromatic heterocycles. The second-order valence-electron chi connectivity index (χ2n) is 9.17. The number of carbonyl (C=O) groups excluding carboxylic acids is 1. The Bertz CT molecular complexity index is 667. The average Bonchev–Trinajstić information content (AvgIpc) is 3.02. The van der Waals surface area contributed by atoms with Gasteiger partial charge in [-0.3, -0.25) is 4.68 Å². The molecule has 1 aliphatic heterocycles. The highest BCUT2D eigenvalue weighted by Gasteiger charge is 2.28. The SMILES string of the molecule is CC(NS(=O)C(C)(C)C)c1cnn(C2CCN(C(=O)OC(C)(C)C)CC2)c1. The predicted molar refractivity (Wildman–Crippen MR) is 108 cm³/mol. The van der Waals surface area contributed by atoms with Crippen LogP contribution in [0.1, 0.15) is 79.0 Å². The van der Waals surface area contributed by atoms with E-state index in [2.05, 4.69) is 9.82 Å². The summed E-state index contributed by atoms with van der Waals surface area (Å²) in [5.74, 6) is 0. The summed E-state index contributed by atoms with van der Waals surface area (Å²) in [7, 11) is -1.13. The van der Waals surface area contributed by atoms with Gasteiger partial charge in [0.1, 0.15) is 5.60 Å². The van der Waals surface area contributed by atoms with Crippen LogP contribution in [0, 0.1) is 0 Å². The van der Waals surface area contributed by atoms with Crippen molar-refractivity contribution < 1.29 is 13.7 Å². The lowest BCUT2D eigenvalue weighted by Gasteiger charge is -2.33. The van der Waals surface area contributed by atoms with E-state index in [-0.39, 0.29) is 22.9 Å². The molecule has 8 heteroatoms. The number of ether oxygens (including phenoxy) is 1. The average molecular weight is 399 g/mol. The molecule has 1 amide bonds. The molecule has 1 aliphatic rings. The molecule has 0 spiro atoms. The number of amides is 1. The number of rotatable bonds is 4. The van der Waals surface area contributed by atoms with Gasteiger partial charge in [0.05, 0.1) is 28.0 Å². The Balaban J connectivity index is 1.91. The van der Waals surface area contributed by atoms with E-state index in [9.17, 15) is 9.00 Å². The summed E-state index contributed by atoms with van der Waals surface area (Å²) in [6.07, 6.45) is 5.29. The molecule has 0 saturated carbocycles. The number of hydrogen-bond acceptors (Lipinski definition) is 4. The summed E-state index contributed by atoms with van der Waals surface area (Å²) in [6, 6.07) is 0.221. The van der Waals surface area contributed by atoms with E-state index in [0.717, 1.165) is 18.4 Å². The van der Waals surface area contributed by atoms with Crippen molar-refractivity contribution in [1.82, 2.24) is 19.4 Å². The zero-order valence-electron chi connectivity index (χ0n) is 17.6. The van der Waals surface area contributed by atoms with Crippen LogP contribution in [0.5, 0.6) is 0 Å². The van der Waals surface area contributed by atoms with Crippen LogP contribution in [0.2, 0.25) is 0 Å². The Labute approximate surface area is 165 Å². The molecule has 2 rings (SSSR count). The van der Waals surface area contributed by atoms with Crippen molar-refractivity contribution in [3.8, 4) is 0 Å². The maximum atomic E-state index is 12.3. The van der Waals surface area contributed by atoms with Gasteiger partial charge in [-0.25, -0.2) is 13.7 Å². The van der Waals surface area contributed by atoms with Crippen molar-refractivity contribution in [3.63, 3.8) is 0 Å². The van der Waals surface area contributed by atoms with Crippen LogP contribution in [0.4, 0.5) is 4.79 Å². The molecule has 0 radical (unpaired) electrons. The first-order valence-corrected chi connectivity index (χ1v) is 10.7. The first kappa shape index (κ1) is 21.9. The molecule has 1 N–H and O–H groups in total. The highest BCUT2D eigenvalue weighted by molar-refractivity contribution is 7.84. The zero-order valence-corrected chi connectivity index (χ0v) is 18.4.